The molecule has 6 nitrogen and oxygen atoms in total. The third-order valence-electron chi connectivity index (χ3n) is 6.97. The molecule has 0 aliphatic heterocycles. The third kappa shape index (κ3) is 5.50. The first-order valence-corrected chi connectivity index (χ1v) is 12.9. The average Bonchev–Trinajstić information content (AvgIpc) is 3.36. The molecule has 0 spiro atoms. The maximum Gasteiger partial charge on any atom is 0.135 e. The number of halogens is 2. The average molecular weight is 520 g/mol. The van der Waals surface area contributed by atoms with Crippen molar-refractivity contribution in [2.45, 2.75) is 72.3 Å². The van der Waals surface area contributed by atoms with Crippen LogP contribution in [0.15, 0.2) is 48.5 Å². The van der Waals surface area contributed by atoms with E-state index in [9.17, 15) is 13.9 Å². The quantitative estimate of drug-likeness (QED) is 0.263. The molecule has 4 rings (SSSR count). The van der Waals surface area contributed by atoms with E-state index in [1.807, 2.05) is 18.2 Å². The zero-order chi connectivity index (χ0) is 27.7. The van der Waals surface area contributed by atoms with Crippen molar-refractivity contribution in [1.29, 1.82) is 0 Å². The predicted molar refractivity (Wildman–Crippen MR) is 144 cm³/mol. The molecule has 2 atom stereocenters. The van der Waals surface area contributed by atoms with E-state index in [1.54, 1.807) is 12.1 Å². The number of nitrogens with zero attached hydrogens (tertiary/aromatic N) is 4. The van der Waals surface area contributed by atoms with Crippen molar-refractivity contribution in [2.75, 3.05) is 0 Å². The molecule has 200 valence electrons. The van der Waals surface area contributed by atoms with Gasteiger partial charge in [0, 0.05) is 0 Å². The van der Waals surface area contributed by atoms with Gasteiger partial charge in [-0.2, -0.15) is 10.2 Å². The minimum Gasteiger partial charge on any atom is -0.390 e. The summed E-state index contributed by atoms with van der Waals surface area (Å²) in [6.07, 6.45) is 1.51. The van der Waals surface area contributed by atoms with Crippen LogP contribution >= 0.6 is 0 Å². The molecule has 0 saturated carbocycles. The van der Waals surface area contributed by atoms with Crippen molar-refractivity contribution in [3.8, 4) is 22.6 Å². The van der Waals surface area contributed by atoms with Crippen LogP contribution in [0.3, 0.4) is 0 Å². The number of benzene rings is 1. The van der Waals surface area contributed by atoms with Gasteiger partial charge in [0.15, 0.2) is 0 Å². The highest BCUT2D eigenvalue weighted by Gasteiger charge is 2.39. The third-order valence-corrected chi connectivity index (χ3v) is 6.97. The second kappa shape index (κ2) is 10.7. The molecule has 0 amide bonds. The summed E-state index contributed by atoms with van der Waals surface area (Å²) in [6, 6.07) is 13.1. The Bertz CT molecular complexity index is 1410. The van der Waals surface area contributed by atoms with E-state index >= 15 is 0 Å². The molecule has 0 saturated heterocycles. The van der Waals surface area contributed by atoms with Crippen molar-refractivity contribution >= 4 is 0 Å². The van der Waals surface area contributed by atoms with E-state index in [2.05, 4.69) is 61.9 Å². The van der Waals surface area contributed by atoms with Gasteiger partial charge in [0.2, 0.25) is 0 Å². The van der Waals surface area contributed by atoms with Crippen molar-refractivity contribution in [3.05, 3.63) is 82.8 Å². The van der Waals surface area contributed by atoms with Crippen LogP contribution < -0.4 is 0 Å². The van der Waals surface area contributed by atoms with Gasteiger partial charge in [0.05, 0.1) is 46.1 Å². The Morgan fingerprint density at radius 1 is 0.921 bits per heavy atom. The Hall–Kier alpha value is -3.52. The van der Waals surface area contributed by atoms with Gasteiger partial charge < -0.3 is 5.11 Å². The molecule has 0 aliphatic rings. The Morgan fingerprint density at radius 2 is 1.61 bits per heavy atom. The molecule has 0 radical (unpaired) electrons. The lowest BCUT2D eigenvalue weighted by atomic mass is 9.68. The first-order valence-electron chi connectivity index (χ1n) is 12.9. The molecule has 0 unspecified atom stereocenters. The lowest BCUT2D eigenvalue weighted by Crippen LogP contribution is -2.33. The second-order valence-electron chi connectivity index (χ2n) is 11.4. The van der Waals surface area contributed by atoms with Gasteiger partial charge >= 0.3 is 0 Å². The lowest BCUT2D eigenvalue weighted by Gasteiger charge is -2.37. The second-order valence-corrected chi connectivity index (χ2v) is 11.4. The number of hydrogen-bond acceptors (Lipinski definition) is 5. The van der Waals surface area contributed by atoms with Crippen LogP contribution in [0.1, 0.15) is 82.9 Å². The summed E-state index contributed by atoms with van der Waals surface area (Å²) >= 11 is 0. The first kappa shape index (κ1) is 27.5. The van der Waals surface area contributed by atoms with E-state index < -0.39 is 17.0 Å². The van der Waals surface area contributed by atoms with E-state index in [4.69, 9.17) is 4.98 Å². The number of hydrogen-bond donors (Lipinski definition) is 2. The highest BCUT2D eigenvalue weighted by atomic mass is 19.1. The monoisotopic (exact) mass is 519 g/mol. The van der Waals surface area contributed by atoms with Gasteiger partial charge in [0.25, 0.3) is 0 Å². The Labute approximate surface area is 222 Å². The summed E-state index contributed by atoms with van der Waals surface area (Å²) < 4.78 is 29.3. The topological polar surface area (TPSA) is 87.6 Å². The standard InChI is InChI=1S/C30H35F2N5O/c1-7-18(2)20-15-25(27-21(31)10-8-11-22(27)32)36-37-28(20)30(6,17-29(3,4)5)26-13-9-12-23(33-26)24-14-19(16-38)34-35-24/h8-15,18,38H,7,16-17H2,1-6H3,(H,34,35)/t18-,30-/m0/s1. The van der Waals surface area contributed by atoms with Gasteiger partial charge in [-0.1, -0.05) is 46.8 Å². The summed E-state index contributed by atoms with van der Waals surface area (Å²) in [5.74, 6) is -1.28. The van der Waals surface area contributed by atoms with Crippen molar-refractivity contribution in [1.82, 2.24) is 25.4 Å². The van der Waals surface area contributed by atoms with E-state index in [0.717, 1.165) is 23.4 Å². The van der Waals surface area contributed by atoms with E-state index in [0.29, 0.717) is 23.5 Å². The maximum atomic E-state index is 14.7. The van der Waals surface area contributed by atoms with Crippen LogP contribution in [0.25, 0.3) is 22.6 Å². The molecule has 0 aliphatic carbocycles. The van der Waals surface area contributed by atoms with Crippen LogP contribution in [-0.4, -0.2) is 30.5 Å². The molecule has 38 heavy (non-hydrogen) atoms. The minimum absolute atomic E-state index is 0.0648. The van der Waals surface area contributed by atoms with E-state index in [-0.39, 0.29) is 29.2 Å². The molecular weight excluding hydrogens is 484 g/mol. The van der Waals surface area contributed by atoms with Crippen LogP contribution in [0.2, 0.25) is 0 Å². The molecule has 4 aromatic rings. The van der Waals surface area contributed by atoms with Crippen molar-refractivity contribution < 1.29 is 13.9 Å². The molecule has 3 aromatic heterocycles. The SMILES string of the molecule is CC[C@H](C)c1cc(-c2c(F)cccc2F)nnc1[C@@](C)(CC(C)(C)C)c1cccc(-c2cc(CO)[nH]n2)n1. The normalized spacial score (nSPS) is 14.3. The predicted octanol–water partition coefficient (Wildman–Crippen LogP) is 6.95. The largest absolute Gasteiger partial charge is 0.390 e. The molecule has 8 heteroatoms. The van der Waals surface area contributed by atoms with Gasteiger partial charge in [-0.25, -0.2) is 8.78 Å². The fourth-order valence-corrected chi connectivity index (χ4v) is 5.11. The highest BCUT2D eigenvalue weighted by Crippen LogP contribution is 2.44. The van der Waals surface area contributed by atoms with Gasteiger partial charge in [0.1, 0.15) is 17.3 Å². The number of rotatable bonds is 8. The summed E-state index contributed by atoms with van der Waals surface area (Å²) in [7, 11) is 0. The van der Waals surface area contributed by atoms with Crippen molar-refractivity contribution in [3.63, 3.8) is 0 Å². The fourth-order valence-electron chi connectivity index (χ4n) is 5.11. The number of aliphatic hydroxyl groups excluding tert-OH is 1. The van der Waals surface area contributed by atoms with Crippen LogP contribution in [-0.2, 0) is 12.0 Å². The fraction of sp³-hybridized carbons (Fsp3) is 0.400. The number of aliphatic hydroxyl groups is 1. The Kier molecular flexibility index (Phi) is 7.74. The Balaban J connectivity index is 1.93. The molecule has 2 N–H and O–H groups in total. The molecular formula is C30H35F2N5O. The number of pyridine rings is 1. The lowest BCUT2D eigenvalue weighted by molar-refractivity contribution is 0.276. The van der Waals surface area contributed by atoms with Crippen LogP contribution in [0.5, 0.6) is 0 Å². The molecule has 0 bridgehead atoms. The van der Waals surface area contributed by atoms with Crippen molar-refractivity contribution in [2.24, 2.45) is 5.41 Å². The summed E-state index contributed by atoms with van der Waals surface area (Å²) in [4.78, 5) is 5.01. The van der Waals surface area contributed by atoms with Gasteiger partial charge in [-0.3, -0.25) is 10.1 Å². The zero-order valence-corrected chi connectivity index (χ0v) is 22.8. The van der Waals surface area contributed by atoms with Gasteiger partial charge in [-0.05, 0) is 73.1 Å². The van der Waals surface area contributed by atoms with Crippen LogP contribution in [0, 0.1) is 17.0 Å². The van der Waals surface area contributed by atoms with E-state index in [1.165, 1.54) is 18.2 Å². The summed E-state index contributed by atoms with van der Waals surface area (Å²) in [5.41, 5.74) is 3.56. The molecule has 0 fully saturated rings. The Morgan fingerprint density at radius 3 is 2.21 bits per heavy atom. The van der Waals surface area contributed by atoms with Gasteiger partial charge in [-0.15, -0.1) is 5.10 Å². The first-order chi connectivity index (χ1) is 18.0. The zero-order valence-electron chi connectivity index (χ0n) is 22.8. The smallest absolute Gasteiger partial charge is 0.135 e. The summed E-state index contributed by atoms with van der Waals surface area (Å²) in [5, 5.41) is 25.6. The highest BCUT2D eigenvalue weighted by molar-refractivity contribution is 5.62. The number of aromatic amines is 1. The molecule has 1 aromatic carbocycles. The minimum atomic E-state index is -0.671. The number of aromatic nitrogens is 5. The number of H-pyrrole nitrogens is 1. The molecule has 3 heterocycles. The number of nitrogens with one attached hydrogen (secondary N) is 1. The maximum absolute atomic E-state index is 14.7. The van der Waals surface area contributed by atoms with Crippen LogP contribution in [0.4, 0.5) is 8.78 Å². The summed E-state index contributed by atoms with van der Waals surface area (Å²) in [6.45, 7) is 12.6.